The van der Waals surface area contributed by atoms with E-state index in [1.165, 1.54) is 11.3 Å². The minimum Gasteiger partial charge on any atom is -0.366 e. The van der Waals surface area contributed by atoms with Gasteiger partial charge in [0, 0.05) is 23.5 Å². The molecule has 0 radical (unpaired) electrons. The smallest absolute Gasteiger partial charge is 0.266 e. The van der Waals surface area contributed by atoms with Crippen LogP contribution in [0.2, 0.25) is 0 Å². The highest BCUT2D eigenvalue weighted by Gasteiger charge is 2.35. The summed E-state index contributed by atoms with van der Waals surface area (Å²) in [7, 11) is 0. The van der Waals surface area contributed by atoms with Crippen LogP contribution in [0.1, 0.15) is 67.9 Å². The van der Waals surface area contributed by atoms with Gasteiger partial charge in [-0.05, 0) is 106 Å². The molecule has 4 nitrogen and oxygen atoms in total. The number of nitrogens with zero attached hydrogens (tertiary/aromatic N) is 2. The molecule has 162 valence electrons. The van der Waals surface area contributed by atoms with Gasteiger partial charge in [0.15, 0.2) is 0 Å². The number of carbonyl (C=O) groups is 1. The quantitative estimate of drug-likeness (QED) is 0.473. The number of rotatable bonds is 4. The first kappa shape index (κ1) is 22.6. The van der Waals surface area contributed by atoms with Crippen LogP contribution >= 0.6 is 0 Å². The second-order valence-corrected chi connectivity index (χ2v) is 9.30. The number of nitrogens with one attached hydrogen (secondary N) is 1. The Balaban J connectivity index is 1.98. The Morgan fingerprint density at radius 3 is 2.61 bits per heavy atom. The largest absolute Gasteiger partial charge is 0.366 e. The molecule has 0 bridgehead atoms. The lowest BCUT2D eigenvalue weighted by Gasteiger charge is -2.47. The van der Waals surface area contributed by atoms with Crippen molar-refractivity contribution in [3.63, 3.8) is 0 Å². The summed E-state index contributed by atoms with van der Waals surface area (Å²) in [4.78, 5) is 15.3. The molecule has 1 unspecified atom stereocenters. The van der Waals surface area contributed by atoms with E-state index in [9.17, 15) is 10.1 Å². The minimum atomic E-state index is -0.377. The molecule has 1 aliphatic heterocycles. The summed E-state index contributed by atoms with van der Waals surface area (Å²) in [6.45, 7) is 16.0. The second-order valence-electron chi connectivity index (χ2n) is 9.30. The van der Waals surface area contributed by atoms with Gasteiger partial charge in [-0.2, -0.15) is 5.26 Å². The van der Waals surface area contributed by atoms with Gasteiger partial charge in [0.2, 0.25) is 0 Å². The van der Waals surface area contributed by atoms with Crippen LogP contribution in [0, 0.1) is 32.1 Å². The number of anilines is 2. The first-order valence-corrected chi connectivity index (χ1v) is 11.0. The Hall–Kier alpha value is -3.06. The average Bonchev–Trinajstić information content (AvgIpc) is 2.69. The van der Waals surface area contributed by atoms with Crippen molar-refractivity contribution >= 4 is 23.4 Å². The van der Waals surface area contributed by atoms with Crippen LogP contribution in [0.15, 0.2) is 35.9 Å². The Bertz CT molecular complexity index is 1090. The number of fused-ring (bicyclic) bond motifs is 1. The molecule has 1 aliphatic rings. The van der Waals surface area contributed by atoms with Crippen molar-refractivity contribution < 1.29 is 4.79 Å². The molecular weight excluding hydrogens is 382 g/mol. The van der Waals surface area contributed by atoms with Crippen molar-refractivity contribution in [2.24, 2.45) is 0 Å². The molecule has 2 aromatic rings. The molecule has 0 aliphatic carbocycles. The van der Waals surface area contributed by atoms with Gasteiger partial charge in [-0.15, -0.1) is 0 Å². The molecular formula is C27H33N3O. The van der Waals surface area contributed by atoms with Gasteiger partial charge in [-0.1, -0.05) is 19.1 Å². The van der Waals surface area contributed by atoms with E-state index >= 15 is 0 Å². The SMILES string of the molecule is CCN1c2cc(C)c(/C=C(/C#N)C(=O)Nc3cccc(C)c3C)cc2C(C)CC1(C)C. The molecule has 1 heterocycles. The molecule has 0 spiro atoms. The lowest BCUT2D eigenvalue weighted by Crippen LogP contribution is -2.48. The third-order valence-electron chi connectivity index (χ3n) is 6.61. The number of carbonyl (C=O) groups excluding carboxylic acids is 1. The standard InChI is InChI=1S/C27H33N3O/c1-8-30-25-12-18(3)21(14-23(25)19(4)15-27(30,6)7)13-22(16-28)26(31)29-24-11-9-10-17(2)20(24)5/h9-14,19H,8,15H2,1-7H3,(H,29,31)/b22-13-. The highest BCUT2D eigenvalue weighted by Crippen LogP contribution is 2.44. The van der Waals surface area contributed by atoms with E-state index in [2.05, 4.69) is 56.1 Å². The molecule has 1 amide bonds. The van der Waals surface area contributed by atoms with Crippen LogP contribution in [0.5, 0.6) is 0 Å². The van der Waals surface area contributed by atoms with Crippen molar-refractivity contribution in [3.05, 3.63) is 63.7 Å². The van der Waals surface area contributed by atoms with Crippen LogP contribution in [-0.4, -0.2) is 18.0 Å². The van der Waals surface area contributed by atoms with Crippen molar-refractivity contribution in [2.45, 2.75) is 66.3 Å². The fourth-order valence-electron chi connectivity index (χ4n) is 4.79. The molecule has 1 N–H and O–H groups in total. The Morgan fingerprint density at radius 1 is 1.26 bits per heavy atom. The molecule has 4 heteroatoms. The zero-order valence-corrected chi connectivity index (χ0v) is 19.8. The number of benzene rings is 2. The highest BCUT2D eigenvalue weighted by atomic mass is 16.1. The minimum absolute atomic E-state index is 0.105. The van der Waals surface area contributed by atoms with E-state index in [-0.39, 0.29) is 17.0 Å². The highest BCUT2D eigenvalue weighted by molar-refractivity contribution is 6.10. The van der Waals surface area contributed by atoms with Gasteiger partial charge in [0.25, 0.3) is 5.91 Å². The average molecular weight is 416 g/mol. The first-order chi connectivity index (χ1) is 14.6. The van der Waals surface area contributed by atoms with Crippen LogP contribution < -0.4 is 10.2 Å². The van der Waals surface area contributed by atoms with Crippen LogP contribution in [0.4, 0.5) is 11.4 Å². The van der Waals surface area contributed by atoms with Gasteiger partial charge >= 0.3 is 0 Å². The molecule has 2 aromatic carbocycles. The first-order valence-electron chi connectivity index (χ1n) is 11.0. The predicted octanol–water partition coefficient (Wildman–Crippen LogP) is 6.27. The normalized spacial score (nSPS) is 17.7. The monoisotopic (exact) mass is 415 g/mol. The number of aryl methyl sites for hydroxylation is 2. The summed E-state index contributed by atoms with van der Waals surface area (Å²) >= 11 is 0. The number of hydrogen-bond acceptors (Lipinski definition) is 3. The van der Waals surface area contributed by atoms with E-state index in [0.29, 0.717) is 5.92 Å². The van der Waals surface area contributed by atoms with E-state index in [1.54, 1.807) is 6.08 Å². The summed E-state index contributed by atoms with van der Waals surface area (Å²) in [6, 6.07) is 12.2. The maximum absolute atomic E-state index is 12.8. The number of hydrogen-bond donors (Lipinski definition) is 1. The lowest BCUT2D eigenvalue weighted by atomic mass is 9.79. The Kier molecular flexibility index (Phi) is 6.27. The van der Waals surface area contributed by atoms with Gasteiger partial charge in [0.05, 0.1) is 0 Å². The predicted molar refractivity (Wildman–Crippen MR) is 129 cm³/mol. The van der Waals surface area contributed by atoms with Gasteiger partial charge in [0.1, 0.15) is 11.6 Å². The van der Waals surface area contributed by atoms with Crippen LogP contribution in [0.25, 0.3) is 6.08 Å². The summed E-state index contributed by atoms with van der Waals surface area (Å²) in [5, 5.41) is 12.6. The van der Waals surface area contributed by atoms with Crippen molar-refractivity contribution in [1.82, 2.24) is 0 Å². The third-order valence-corrected chi connectivity index (χ3v) is 6.61. The second kappa shape index (κ2) is 8.59. The van der Waals surface area contributed by atoms with Gasteiger partial charge in [-0.3, -0.25) is 4.79 Å². The fraction of sp³-hybridized carbons (Fsp3) is 0.407. The van der Waals surface area contributed by atoms with E-state index in [1.807, 2.05) is 39.0 Å². The molecule has 0 aromatic heterocycles. The number of amides is 1. The molecule has 1 atom stereocenters. The maximum atomic E-state index is 12.8. The van der Waals surface area contributed by atoms with Crippen LogP contribution in [-0.2, 0) is 4.79 Å². The van der Waals surface area contributed by atoms with Gasteiger partial charge < -0.3 is 10.2 Å². The molecule has 31 heavy (non-hydrogen) atoms. The summed E-state index contributed by atoms with van der Waals surface area (Å²) in [5.41, 5.74) is 7.60. The molecule has 0 fully saturated rings. The number of nitriles is 1. The maximum Gasteiger partial charge on any atom is 0.266 e. The molecule has 0 saturated carbocycles. The molecule has 3 rings (SSSR count). The Labute approximate surface area is 186 Å². The van der Waals surface area contributed by atoms with Crippen molar-refractivity contribution in [3.8, 4) is 6.07 Å². The Morgan fingerprint density at radius 2 is 1.97 bits per heavy atom. The summed E-state index contributed by atoms with van der Waals surface area (Å²) in [6.07, 6.45) is 2.79. The van der Waals surface area contributed by atoms with E-state index in [4.69, 9.17) is 0 Å². The van der Waals surface area contributed by atoms with Crippen molar-refractivity contribution in [1.29, 1.82) is 5.26 Å². The van der Waals surface area contributed by atoms with E-state index in [0.717, 1.165) is 40.9 Å². The topological polar surface area (TPSA) is 56.1 Å². The molecule has 0 saturated heterocycles. The lowest BCUT2D eigenvalue weighted by molar-refractivity contribution is -0.112. The zero-order valence-electron chi connectivity index (χ0n) is 19.8. The summed E-state index contributed by atoms with van der Waals surface area (Å²) in [5.74, 6) is 0.0348. The van der Waals surface area contributed by atoms with E-state index < -0.39 is 0 Å². The third kappa shape index (κ3) is 4.37. The van der Waals surface area contributed by atoms with Crippen molar-refractivity contribution in [2.75, 3.05) is 16.8 Å². The van der Waals surface area contributed by atoms with Gasteiger partial charge in [-0.25, -0.2) is 0 Å². The summed E-state index contributed by atoms with van der Waals surface area (Å²) < 4.78 is 0. The fourth-order valence-corrected chi connectivity index (χ4v) is 4.79. The van der Waals surface area contributed by atoms with Crippen LogP contribution in [0.3, 0.4) is 0 Å². The zero-order chi connectivity index (χ0) is 22.9.